The maximum absolute atomic E-state index is 9.73. The molecule has 3 rings (SSSR count). The van der Waals surface area contributed by atoms with E-state index < -0.39 is 0 Å². The lowest BCUT2D eigenvalue weighted by Crippen LogP contribution is -2.44. The van der Waals surface area contributed by atoms with E-state index in [2.05, 4.69) is 35.2 Å². The topological polar surface area (TPSA) is 27.0 Å². The van der Waals surface area contributed by atoms with Gasteiger partial charge in [0.05, 0.1) is 11.5 Å². The van der Waals surface area contributed by atoms with E-state index in [0.717, 1.165) is 18.9 Å². The Kier molecular flexibility index (Phi) is 5.67. The van der Waals surface area contributed by atoms with Gasteiger partial charge in [-0.3, -0.25) is 0 Å². The zero-order valence-corrected chi connectivity index (χ0v) is 13.4. The third-order valence-electron chi connectivity index (χ3n) is 5.26. The van der Waals surface area contributed by atoms with Gasteiger partial charge in [-0.1, -0.05) is 36.8 Å². The van der Waals surface area contributed by atoms with E-state index in [4.69, 9.17) is 0 Å². The monoisotopic (exact) mass is 304 g/mol. The van der Waals surface area contributed by atoms with Crippen molar-refractivity contribution in [3.63, 3.8) is 0 Å². The molecule has 2 aliphatic rings. The molecule has 0 radical (unpaired) electrons. The summed E-state index contributed by atoms with van der Waals surface area (Å²) in [6.45, 7) is 2.55. The van der Waals surface area contributed by atoms with Gasteiger partial charge in [0.15, 0.2) is 0 Å². The van der Waals surface area contributed by atoms with Crippen molar-refractivity contribution in [3.8, 4) is 6.07 Å². The Balaban J connectivity index is 0.00000161. The first-order valence-corrected chi connectivity index (χ1v) is 8.05. The van der Waals surface area contributed by atoms with Crippen molar-refractivity contribution >= 4 is 12.4 Å². The summed E-state index contributed by atoms with van der Waals surface area (Å²) in [5, 5.41) is 9.73. The molecular weight excluding hydrogens is 280 g/mol. The lowest BCUT2D eigenvalue weighted by molar-refractivity contribution is 0.115. The first kappa shape index (κ1) is 16.3. The van der Waals surface area contributed by atoms with E-state index >= 15 is 0 Å². The van der Waals surface area contributed by atoms with E-state index in [1.807, 2.05) is 6.07 Å². The van der Waals surface area contributed by atoms with Crippen LogP contribution in [0.3, 0.4) is 0 Å². The minimum atomic E-state index is -0.229. The first-order valence-electron chi connectivity index (χ1n) is 8.05. The molecule has 2 fully saturated rings. The predicted octanol–water partition coefficient (Wildman–Crippen LogP) is 4.30. The minimum absolute atomic E-state index is 0. The van der Waals surface area contributed by atoms with Crippen LogP contribution in [0.25, 0.3) is 0 Å². The number of nitriles is 1. The van der Waals surface area contributed by atoms with Gasteiger partial charge in [-0.2, -0.15) is 5.26 Å². The highest BCUT2D eigenvalue weighted by atomic mass is 35.5. The SMILES string of the molecule is Cl.N#CC1(c2ccccc2)CCC(N2CCCCC2)CC1. The van der Waals surface area contributed by atoms with Crippen LogP contribution in [0.2, 0.25) is 0 Å². The highest BCUT2D eigenvalue weighted by Gasteiger charge is 2.38. The summed E-state index contributed by atoms with van der Waals surface area (Å²) >= 11 is 0. The smallest absolute Gasteiger partial charge is 0.0823 e. The summed E-state index contributed by atoms with van der Waals surface area (Å²) < 4.78 is 0. The van der Waals surface area contributed by atoms with Crippen LogP contribution in [0.1, 0.15) is 50.5 Å². The van der Waals surface area contributed by atoms with Gasteiger partial charge in [-0.25, -0.2) is 0 Å². The standard InChI is InChI=1S/C18H24N2.ClH/c19-15-18(16-7-3-1-4-8-16)11-9-17(10-12-18)20-13-5-2-6-14-20;/h1,3-4,7-8,17H,2,5-6,9-14H2;1H. The lowest BCUT2D eigenvalue weighted by Gasteiger charge is -2.41. The van der Waals surface area contributed by atoms with Crippen LogP contribution in [-0.4, -0.2) is 24.0 Å². The van der Waals surface area contributed by atoms with Crippen LogP contribution in [0, 0.1) is 11.3 Å². The van der Waals surface area contributed by atoms with Crippen molar-refractivity contribution in [2.24, 2.45) is 0 Å². The molecule has 0 spiro atoms. The molecule has 1 heterocycles. The molecule has 0 atom stereocenters. The number of nitrogens with zero attached hydrogens (tertiary/aromatic N) is 2. The van der Waals surface area contributed by atoms with Gasteiger partial charge in [0.25, 0.3) is 0 Å². The molecule has 2 nitrogen and oxygen atoms in total. The van der Waals surface area contributed by atoms with Crippen LogP contribution in [0.4, 0.5) is 0 Å². The Labute approximate surface area is 134 Å². The van der Waals surface area contributed by atoms with Crippen molar-refractivity contribution in [1.29, 1.82) is 5.26 Å². The van der Waals surface area contributed by atoms with Crippen LogP contribution in [0.5, 0.6) is 0 Å². The molecule has 1 saturated heterocycles. The fourth-order valence-electron chi connectivity index (χ4n) is 3.97. The van der Waals surface area contributed by atoms with Gasteiger partial charge in [0, 0.05) is 6.04 Å². The van der Waals surface area contributed by atoms with E-state index in [0.29, 0.717) is 0 Å². The molecule has 3 heteroatoms. The Morgan fingerprint density at radius 1 is 1.00 bits per heavy atom. The highest BCUT2D eigenvalue weighted by molar-refractivity contribution is 5.85. The Morgan fingerprint density at radius 2 is 1.62 bits per heavy atom. The van der Waals surface area contributed by atoms with E-state index in [1.54, 1.807) is 0 Å². The molecule has 1 saturated carbocycles. The van der Waals surface area contributed by atoms with Crippen molar-refractivity contribution in [1.82, 2.24) is 4.90 Å². The molecule has 0 aromatic heterocycles. The van der Waals surface area contributed by atoms with Gasteiger partial charge in [0.2, 0.25) is 0 Å². The number of halogens is 1. The maximum atomic E-state index is 9.73. The summed E-state index contributed by atoms with van der Waals surface area (Å²) in [5.74, 6) is 0. The summed E-state index contributed by atoms with van der Waals surface area (Å²) in [6.07, 6.45) is 8.53. The van der Waals surface area contributed by atoms with Crippen LogP contribution in [0.15, 0.2) is 30.3 Å². The van der Waals surface area contributed by atoms with E-state index in [9.17, 15) is 5.26 Å². The molecule has 1 aliphatic carbocycles. The number of piperidine rings is 1. The molecule has 0 N–H and O–H groups in total. The summed E-state index contributed by atoms with van der Waals surface area (Å²) in [4.78, 5) is 2.68. The van der Waals surface area contributed by atoms with Crippen LogP contribution >= 0.6 is 12.4 Å². The number of hydrogen-bond donors (Lipinski definition) is 0. The Morgan fingerprint density at radius 3 is 2.19 bits per heavy atom. The van der Waals surface area contributed by atoms with E-state index in [1.165, 1.54) is 50.8 Å². The molecule has 1 aromatic rings. The van der Waals surface area contributed by atoms with Crippen molar-refractivity contribution in [3.05, 3.63) is 35.9 Å². The first-order chi connectivity index (χ1) is 9.84. The fourth-order valence-corrected chi connectivity index (χ4v) is 3.97. The lowest BCUT2D eigenvalue weighted by atomic mass is 9.69. The second-order valence-corrected chi connectivity index (χ2v) is 6.39. The molecule has 0 bridgehead atoms. The van der Waals surface area contributed by atoms with Crippen LogP contribution < -0.4 is 0 Å². The largest absolute Gasteiger partial charge is 0.300 e. The molecular formula is C18H25ClN2. The maximum Gasteiger partial charge on any atom is 0.0823 e. The molecule has 21 heavy (non-hydrogen) atoms. The number of rotatable bonds is 2. The second-order valence-electron chi connectivity index (χ2n) is 6.39. The average molecular weight is 305 g/mol. The van der Waals surface area contributed by atoms with Gasteiger partial charge in [-0.05, 0) is 57.2 Å². The second kappa shape index (κ2) is 7.29. The summed E-state index contributed by atoms with van der Waals surface area (Å²) in [6, 6.07) is 13.8. The zero-order chi connectivity index (χ0) is 13.8. The van der Waals surface area contributed by atoms with Gasteiger partial charge in [0.1, 0.15) is 0 Å². The fraction of sp³-hybridized carbons (Fsp3) is 0.611. The zero-order valence-electron chi connectivity index (χ0n) is 12.6. The van der Waals surface area contributed by atoms with Gasteiger partial charge >= 0.3 is 0 Å². The number of likely N-dealkylation sites (tertiary alicyclic amines) is 1. The van der Waals surface area contributed by atoms with Crippen LogP contribution in [-0.2, 0) is 5.41 Å². The molecule has 1 aliphatic heterocycles. The molecule has 114 valence electrons. The molecule has 0 amide bonds. The quantitative estimate of drug-likeness (QED) is 0.814. The number of benzene rings is 1. The number of hydrogen-bond acceptors (Lipinski definition) is 2. The Hall–Kier alpha value is -1.04. The van der Waals surface area contributed by atoms with E-state index in [-0.39, 0.29) is 17.8 Å². The third-order valence-corrected chi connectivity index (χ3v) is 5.26. The normalized spacial score (nSPS) is 30.1. The molecule has 0 unspecified atom stereocenters. The van der Waals surface area contributed by atoms with Crippen molar-refractivity contribution < 1.29 is 0 Å². The van der Waals surface area contributed by atoms with Crippen molar-refractivity contribution in [2.45, 2.75) is 56.4 Å². The minimum Gasteiger partial charge on any atom is -0.300 e. The summed E-state index contributed by atoms with van der Waals surface area (Å²) in [7, 11) is 0. The predicted molar refractivity (Wildman–Crippen MR) is 88.7 cm³/mol. The average Bonchev–Trinajstić information content (AvgIpc) is 2.56. The Bertz CT molecular complexity index is 466. The third kappa shape index (κ3) is 3.42. The van der Waals surface area contributed by atoms with Gasteiger partial charge in [-0.15, -0.1) is 12.4 Å². The highest BCUT2D eigenvalue weighted by Crippen LogP contribution is 2.40. The van der Waals surface area contributed by atoms with Crippen molar-refractivity contribution in [2.75, 3.05) is 13.1 Å². The van der Waals surface area contributed by atoms with Gasteiger partial charge < -0.3 is 4.90 Å². The molecule has 1 aromatic carbocycles. The summed E-state index contributed by atoms with van der Waals surface area (Å²) in [5.41, 5.74) is 0.993.